The van der Waals surface area contributed by atoms with Gasteiger partial charge < -0.3 is 5.11 Å². The standard InChI is InChI=1S/C19H13NO2/c1-11-6-7-16-14(8-11)18(19(21)22)15-9-12-4-2-3-5-13(12)10-17(15)20-16/h2-10H,1H3,(H,21,22). The van der Waals surface area contributed by atoms with Crippen molar-refractivity contribution in [2.24, 2.45) is 0 Å². The monoisotopic (exact) mass is 287 g/mol. The third-order valence-corrected chi connectivity index (χ3v) is 4.01. The molecule has 0 saturated carbocycles. The van der Waals surface area contributed by atoms with Crippen LogP contribution in [0.15, 0.2) is 54.6 Å². The number of rotatable bonds is 1. The van der Waals surface area contributed by atoms with E-state index in [-0.39, 0.29) is 0 Å². The van der Waals surface area contributed by atoms with Crippen LogP contribution in [-0.4, -0.2) is 16.1 Å². The number of benzene rings is 3. The highest BCUT2D eigenvalue weighted by Crippen LogP contribution is 2.30. The molecule has 106 valence electrons. The summed E-state index contributed by atoms with van der Waals surface area (Å²) < 4.78 is 0. The van der Waals surface area contributed by atoms with Gasteiger partial charge in [0.15, 0.2) is 0 Å². The molecule has 3 aromatic carbocycles. The normalized spacial score (nSPS) is 11.3. The molecule has 4 aromatic rings. The van der Waals surface area contributed by atoms with E-state index in [4.69, 9.17) is 0 Å². The van der Waals surface area contributed by atoms with E-state index in [0.717, 1.165) is 16.3 Å². The van der Waals surface area contributed by atoms with Gasteiger partial charge in [0.05, 0.1) is 16.6 Å². The average Bonchev–Trinajstić information content (AvgIpc) is 2.50. The van der Waals surface area contributed by atoms with Gasteiger partial charge in [-0.3, -0.25) is 0 Å². The molecule has 0 unspecified atom stereocenters. The first-order valence-electron chi connectivity index (χ1n) is 7.10. The third-order valence-electron chi connectivity index (χ3n) is 4.01. The molecule has 4 rings (SSSR count). The number of hydrogen-bond acceptors (Lipinski definition) is 2. The van der Waals surface area contributed by atoms with Crippen LogP contribution >= 0.6 is 0 Å². The first-order chi connectivity index (χ1) is 10.6. The highest BCUT2D eigenvalue weighted by Gasteiger charge is 2.15. The zero-order valence-electron chi connectivity index (χ0n) is 12.0. The number of nitrogens with zero attached hydrogens (tertiary/aromatic N) is 1. The summed E-state index contributed by atoms with van der Waals surface area (Å²) in [5.74, 6) is -0.918. The highest BCUT2D eigenvalue weighted by molar-refractivity contribution is 6.16. The van der Waals surface area contributed by atoms with Crippen LogP contribution < -0.4 is 0 Å². The van der Waals surface area contributed by atoms with Crippen LogP contribution in [0.4, 0.5) is 0 Å². The van der Waals surface area contributed by atoms with Gasteiger partial charge in [-0.2, -0.15) is 0 Å². The zero-order valence-corrected chi connectivity index (χ0v) is 12.0. The second-order valence-corrected chi connectivity index (χ2v) is 5.53. The van der Waals surface area contributed by atoms with Gasteiger partial charge in [0.25, 0.3) is 0 Å². The summed E-state index contributed by atoms with van der Waals surface area (Å²) in [6.45, 7) is 1.95. The second kappa shape index (κ2) is 4.53. The Bertz CT molecular complexity index is 1070. The molecule has 0 saturated heterocycles. The maximum absolute atomic E-state index is 11.8. The summed E-state index contributed by atoms with van der Waals surface area (Å²) in [6, 6.07) is 17.5. The molecule has 0 amide bonds. The van der Waals surface area contributed by atoms with Gasteiger partial charge >= 0.3 is 5.97 Å². The Hall–Kier alpha value is -2.94. The summed E-state index contributed by atoms with van der Waals surface area (Å²) in [7, 11) is 0. The molecule has 0 aliphatic heterocycles. The van der Waals surface area contributed by atoms with Crippen molar-refractivity contribution >= 4 is 38.5 Å². The van der Waals surface area contributed by atoms with Gasteiger partial charge in [0.1, 0.15) is 0 Å². The number of carboxylic acids is 1. The summed E-state index contributed by atoms with van der Waals surface area (Å²) in [5.41, 5.74) is 2.78. The van der Waals surface area contributed by atoms with Gasteiger partial charge in [-0.05, 0) is 42.0 Å². The number of carbonyl (C=O) groups is 1. The average molecular weight is 287 g/mol. The molecular weight excluding hydrogens is 274 g/mol. The maximum atomic E-state index is 11.8. The molecule has 0 aliphatic carbocycles. The Morgan fingerprint density at radius 3 is 2.32 bits per heavy atom. The minimum atomic E-state index is -0.918. The first-order valence-corrected chi connectivity index (χ1v) is 7.10. The minimum Gasteiger partial charge on any atom is -0.478 e. The number of pyridine rings is 1. The summed E-state index contributed by atoms with van der Waals surface area (Å²) in [5, 5.41) is 13.2. The maximum Gasteiger partial charge on any atom is 0.337 e. The van der Waals surface area contributed by atoms with Crippen molar-refractivity contribution in [2.45, 2.75) is 6.92 Å². The molecule has 3 nitrogen and oxygen atoms in total. The molecule has 0 radical (unpaired) electrons. The van der Waals surface area contributed by atoms with Crippen molar-refractivity contribution in [3.8, 4) is 0 Å². The van der Waals surface area contributed by atoms with Crippen LogP contribution in [0.1, 0.15) is 15.9 Å². The SMILES string of the molecule is Cc1ccc2nc3cc4ccccc4cc3c(C(=O)O)c2c1. The van der Waals surface area contributed by atoms with Crippen molar-refractivity contribution in [3.63, 3.8) is 0 Å². The van der Waals surface area contributed by atoms with Crippen LogP contribution in [-0.2, 0) is 0 Å². The number of hydrogen-bond donors (Lipinski definition) is 1. The van der Waals surface area contributed by atoms with E-state index < -0.39 is 5.97 Å². The van der Waals surface area contributed by atoms with Gasteiger partial charge in [-0.25, -0.2) is 9.78 Å². The van der Waals surface area contributed by atoms with Crippen molar-refractivity contribution in [1.82, 2.24) is 4.98 Å². The number of aryl methyl sites for hydroxylation is 1. The van der Waals surface area contributed by atoms with E-state index in [1.807, 2.05) is 61.5 Å². The fourth-order valence-electron chi connectivity index (χ4n) is 2.97. The smallest absolute Gasteiger partial charge is 0.337 e. The molecule has 22 heavy (non-hydrogen) atoms. The number of fused-ring (bicyclic) bond motifs is 3. The third kappa shape index (κ3) is 1.83. The van der Waals surface area contributed by atoms with Crippen LogP contribution in [0.25, 0.3) is 32.6 Å². The quantitative estimate of drug-likeness (QED) is 0.522. The van der Waals surface area contributed by atoms with E-state index >= 15 is 0 Å². The number of aromatic carboxylic acids is 1. The van der Waals surface area contributed by atoms with Crippen molar-refractivity contribution in [3.05, 3.63) is 65.7 Å². The fraction of sp³-hybridized carbons (Fsp3) is 0.0526. The van der Waals surface area contributed by atoms with Gasteiger partial charge in [0, 0.05) is 10.8 Å². The van der Waals surface area contributed by atoms with E-state index in [2.05, 4.69) is 4.98 Å². The molecular formula is C19H13NO2. The Kier molecular flexibility index (Phi) is 2.63. The van der Waals surface area contributed by atoms with Crippen molar-refractivity contribution in [2.75, 3.05) is 0 Å². The second-order valence-electron chi connectivity index (χ2n) is 5.53. The number of aromatic nitrogens is 1. The van der Waals surface area contributed by atoms with Crippen LogP contribution in [0.5, 0.6) is 0 Å². The van der Waals surface area contributed by atoms with Gasteiger partial charge in [0.2, 0.25) is 0 Å². The zero-order chi connectivity index (χ0) is 15.3. The lowest BCUT2D eigenvalue weighted by atomic mass is 9.98. The Morgan fingerprint density at radius 1 is 0.909 bits per heavy atom. The predicted octanol–water partition coefficient (Wildman–Crippen LogP) is 4.55. The molecule has 3 heteroatoms. The van der Waals surface area contributed by atoms with Crippen LogP contribution in [0, 0.1) is 6.92 Å². The van der Waals surface area contributed by atoms with E-state index in [9.17, 15) is 9.90 Å². The van der Waals surface area contributed by atoms with E-state index in [1.54, 1.807) is 0 Å². The van der Waals surface area contributed by atoms with E-state index in [0.29, 0.717) is 27.4 Å². The van der Waals surface area contributed by atoms with Gasteiger partial charge in [-0.1, -0.05) is 35.9 Å². The lowest BCUT2D eigenvalue weighted by Gasteiger charge is -2.09. The van der Waals surface area contributed by atoms with E-state index in [1.165, 1.54) is 0 Å². The lowest BCUT2D eigenvalue weighted by Crippen LogP contribution is -2.01. The fourth-order valence-corrected chi connectivity index (χ4v) is 2.97. The number of carboxylic acid groups (broad SMARTS) is 1. The molecule has 0 spiro atoms. The first kappa shape index (κ1) is 12.8. The van der Waals surface area contributed by atoms with Crippen molar-refractivity contribution < 1.29 is 9.90 Å². The molecule has 0 fully saturated rings. The minimum absolute atomic E-state index is 0.328. The van der Waals surface area contributed by atoms with Crippen LogP contribution in [0.2, 0.25) is 0 Å². The molecule has 0 atom stereocenters. The summed E-state index contributed by atoms with van der Waals surface area (Å²) in [4.78, 5) is 16.5. The van der Waals surface area contributed by atoms with Crippen molar-refractivity contribution in [1.29, 1.82) is 0 Å². The van der Waals surface area contributed by atoms with Crippen LogP contribution in [0.3, 0.4) is 0 Å². The molecule has 0 bridgehead atoms. The Labute approximate surface area is 126 Å². The molecule has 1 heterocycles. The topological polar surface area (TPSA) is 50.2 Å². The molecule has 0 aliphatic rings. The van der Waals surface area contributed by atoms with Gasteiger partial charge in [-0.15, -0.1) is 0 Å². The Morgan fingerprint density at radius 2 is 1.59 bits per heavy atom. The summed E-state index contributed by atoms with van der Waals surface area (Å²) in [6.07, 6.45) is 0. The largest absolute Gasteiger partial charge is 0.478 e. The Balaban J connectivity index is 2.27. The highest BCUT2D eigenvalue weighted by atomic mass is 16.4. The molecule has 1 N–H and O–H groups in total. The molecule has 1 aromatic heterocycles. The summed E-state index contributed by atoms with van der Waals surface area (Å²) >= 11 is 0. The lowest BCUT2D eigenvalue weighted by molar-refractivity contribution is 0.0701. The predicted molar refractivity (Wildman–Crippen MR) is 88.5 cm³/mol.